The third-order valence-electron chi connectivity index (χ3n) is 4.24. The lowest BCUT2D eigenvalue weighted by Gasteiger charge is -2.04. The Morgan fingerprint density at radius 3 is 2.08 bits per heavy atom. The summed E-state index contributed by atoms with van der Waals surface area (Å²) in [5.74, 6) is -1.05. The van der Waals surface area contributed by atoms with Crippen LogP contribution in [0.3, 0.4) is 0 Å². The Balaban J connectivity index is 2.00. The van der Waals surface area contributed by atoms with Gasteiger partial charge in [0.15, 0.2) is 22.7 Å². The minimum absolute atomic E-state index is 0.00399. The SMILES string of the molecule is COc1ccc2c(oc3c(F)c(-c4ccc(C)cc4)ccc32)c1F. The second-order valence-corrected chi connectivity index (χ2v) is 5.73. The second kappa shape index (κ2) is 5.34. The summed E-state index contributed by atoms with van der Waals surface area (Å²) in [5, 5.41) is 1.07. The Bertz CT molecular complexity index is 1060. The predicted molar refractivity (Wildman–Crippen MR) is 90.4 cm³/mol. The fourth-order valence-corrected chi connectivity index (χ4v) is 2.93. The van der Waals surface area contributed by atoms with Crippen molar-refractivity contribution in [1.82, 2.24) is 0 Å². The van der Waals surface area contributed by atoms with Gasteiger partial charge in [0.1, 0.15) is 0 Å². The molecule has 0 radical (unpaired) electrons. The molecular formula is C20H14F2O2. The van der Waals surface area contributed by atoms with Crippen LogP contribution in [0.25, 0.3) is 33.1 Å². The van der Waals surface area contributed by atoms with Gasteiger partial charge in [-0.3, -0.25) is 0 Å². The maximum absolute atomic E-state index is 15.0. The molecule has 0 saturated carbocycles. The summed E-state index contributed by atoms with van der Waals surface area (Å²) in [6.45, 7) is 1.97. The second-order valence-electron chi connectivity index (χ2n) is 5.73. The number of halogens is 2. The molecule has 24 heavy (non-hydrogen) atoms. The third kappa shape index (κ3) is 2.07. The monoisotopic (exact) mass is 324 g/mol. The van der Waals surface area contributed by atoms with Gasteiger partial charge in [0.25, 0.3) is 0 Å². The summed E-state index contributed by atoms with van der Waals surface area (Å²) < 4.78 is 39.8. The molecule has 0 spiro atoms. The van der Waals surface area contributed by atoms with Crippen molar-refractivity contribution in [2.75, 3.05) is 7.11 Å². The largest absolute Gasteiger partial charge is 0.494 e. The van der Waals surface area contributed by atoms with Crippen LogP contribution in [0, 0.1) is 18.6 Å². The van der Waals surface area contributed by atoms with Gasteiger partial charge in [0.2, 0.25) is 5.82 Å². The van der Waals surface area contributed by atoms with Gasteiger partial charge in [-0.1, -0.05) is 35.9 Å². The minimum atomic E-state index is -0.623. The van der Waals surface area contributed by atoms with Crippen LogP contribution < -0.4 is 4.74 Å². The van der Waals surface area contributed by atoms with Crippen LogP contribution in [0.5, 0.6) is 5.75 Å². The summed E-state index contributed by atoms with van der Waals surface area (Å²) >= 11 is 0. The van der Waals surface area contributed by atoms with Gasteiger partial charge in [-0.2, -0.15) is 4.39 Å². The zero-order valence-corrected chi connectivity index (χ0v) is 13.2. The smallest absolute Gasteiger partial charge is 0.208 e. The Labute approximate surface area is 137 Å². The number of aryl methyl sites for hydroxylation is 1. The summed E-state index contributed by atoms with van der Waals surface area (Å²) in [6.07, 6.45) is 0. The number of ether oxygens (including phenoxy) is 1. The van der Waals surface area contributed by atoms with Crippen LogP contribution >= 0.6 is 0 Å². The van der Waals surface area contributed by atoms with Gasteiger partial charge >= 0.3 is 0 Å². The molecule has 1 aromatic heterocycles. The Hall–Kier alpha value is -2.88. The summed E-state index contributed by atoms with van der Waals surface area (Å²) in [4.78, 5) is 0. The van der Waals surface area contributed by atoms with E-state index in [-0.39, 0.29) is 16.9 Å². The highest BCUT2D eigenvalue weighted by Crippen LogP contribution is 2.38. The van der Waals surface area contributed by atoms with E-state index in [9.17, 15) is 8.78 Å². The molecule has 4 rings (SSSR count). The number of fused-ring (bicyclic) bond motifs is 3. The molecule has 0 N–H and O–H groups in total. The van der Waals surface area contributed by atoms with Gasteiger partial charge in [-0.25, -0.2) is 4.39 Å². The minimum Gasteiger partial charge on any atom is -0.494 e. The molecule has 0 atom stereocenters. The fraction of sp³-hybridized carbons (Fsp3) is 0.100. The average molecular weight is 324 g/mol. The van der Waals surface area contributed by atoms with Gasteiger partial charge in [0, 0.05) is 16.3 Å². The van der Waals surface area contributed by atoms with Crippen molar-refractivity contribution in [3.05, 3.63) is 65.7 Å². The molecule has 0 bridgehead atoms. The highest BCUT2D eigenvalue weighted by Gasteiger charge is 2.19. The molecular weight excluding hydrogens is 310 g/mol. The normalized spacial score (nSPS) is 11.3. The standard InChI is InChI=1S/C20H14F2O2/c1-11-3-5-12(6-4-11)13-7-8-14-15-9-10-16(23-2)18(22)20(15)24-19(14)17(13)21/h3-10H,1-2H3. The predicted octanol–water partition coefficient (Wildman–Crippen LogP) is 5.85. The fourth-order valence-electron chi connectivity index (χ4n) is 2.93. The lowest BCUT2D eigenvalue weighted by atomic mass is 10.0. The maximum atomic E-state index is 15.0. The van der Waals surface area contributed by atoms with Gasteiger partial charge in [-0.05, 0) is 30.7 Å². The highest BCUT2D eigenvalue weighted by atomic mass is 19.1. The number of rotatable bonds is 2. The topological polar surface area (TPSA) is 22.4 Å². The number of hydrogen-bond donors (Lipinski definition) is 0. The highest BCUT2D eigenvalue weighted by molar-refractivity contribution is 6.06. The first-order valence-electron chi connectivity index (χ1n) is 7.54. The molecule has 0 aliphatic heterocycles. The van der Waals surface area contributed by atoms with Crippen molar-refractivity contribution in [2.24, 2.45) is 0 Å². The van der Waals surface area contributed by atoms with E-state index in [2.05, 4.69) is 0 Å². The van der Waals surface area contributed by atoms with Crippen molar-refractivity contribution in [3.63, 3.8) is 0 Å². The molecule has 0 amide bonds. The molecule has 0 saturated heterocycles. The van der Waals surface area contributed by atoms with E-state index in [4.69, 9.17) is 9.15 Å². The van der Waals surface area contributed by atoms with Gasteiger partial charge in [-0.15, -0.1) is 0 Å². The Morgan fingerprint density at radius 2 is 1.42 bits per heavy atom. The molecule has 4 heteroatoms. The van der Waals surface area contributed by atoms with Gasteiger partial charge < -0.3 is 9.15 Å². The number of furan rings is 1. The van der Waals surface area contributed by atoms with Crippen LogP contribution in [0.15, 0.2) is 52.9 Å². The van der Waals surface area contributed by atoms with E-state index < -0.39 is 11.6 Å². The van der Waals surface area contributed by atoms with Crippen LogP contribution in [0.1, 0.15) is 5.56 Å². The first-order chi connectivity index (χ1) is 11.6. The van der Waals surface area contributed by atoms with E-state index >= 15 is 0 Å². The maximum Gasteiger partial charge on any atom is 0.208 e. The molecule has 3 aromatic carbocycles. The van der Waals surface area contributed by atoms with Crippen LogP contribution in [0.4, 0.5) is 8.78 Å². The number of benzene rings is 3. The molecule has 0 fully saturated rings. The van der Waals surface area contributed by atoms with Crippen molar-refractivity contribution >= 4 is 21.9 Å². The van der Waals surface area contributed by atoms with E-state index in [1.807, 2.05) is 31.2 Å². The molecule has 0 aliphatic rings. The lowest BCUT2D eigenvalue weighted by Crippen LogP contribution is -1.87. The zero-order valence-electron chi connectivity index (χ0n) is 13.2. The van der Waals surface area contributed by atoms with Crippen molar-refractivity contribution in [3.8, 4) is 16.9 Å². The molecule has 2 nitrogen and oxygen atoms in total. The molecule has 0 unspecified atom stereocenters. The van der Waals surface area contributed by atoms with Crippen LogP contribution in [-0.4, -0.2) is 7.11 Å². The molecule has 1 heterocycles. The van der Waals surface area contributed by atoms with Crippen molar-refractivity contribution in [2.45, 2.75) is 6.92 Å². The average Bonchev–Trinajstić information content (AvgIpc) is 2.97. The van der Waals surface area contributed by atoms with Crippen LogP contribution in [-0.2, 0) is 0 Å². The Morgan fingerprint density at radius 1 is 0.792 bits per heavy atom. The van der Waals surface area contributed by atoms with Crippen molar-refractivity contribution in [1.29, 1.82) is 0 Å². The molecule has 120 valence electrons. The quantitative estimate of drug-likeness (QED) is 0.461. The zero-order chi connectivity index (χ0) is 16.8. The van der Waals surface area contributed by atoms with Crippen molar-refractivity contribution < 1.29 is 17.9 Å². The summed E-state index contributed by atoms with van der Waals surface area (Å²) in [6, 6.07) is 14.2. The van der Waals surface area contributed by atoms with Crippen LogP contribution in [0.2, 0.25) is 0 Å². The number of hydrogen-bond acceptors (Lipinski definition) is 2. The first kappa shape index (κ1) is 14.7. The van der Waals surface area contributed by atoms with Gasteiger partial charge in [0.05, 0.1) is 7.11 Å². The summed E-state index contributed by atoms with van der Waals surface area (Å²) in [7, 11) is 1.38. The molecule has 0 aliphatic carbocycles. The molecule has 4 aromatic rings. The lowest BCUT2D eigenvalue weighted by molar-refractivity contribution is 0.385. The first-order valence-corrected chi connectivity index (χ1v) is 7.54. The van der Waals surface area contributed by atoms with E-state index in [0.717, 1.165) is 11.1 Å². The number of methoxy groups -OCH3 is 1. The third-order valence-corrected chi connectivity index (χ3v) is 4.24. The van der Waals surface area contributed by atoms with E-state index in [1.165, 1.54) is 13.2 Å². The van der Waals surface area contributed by atoms with E-state index in [0.29, 0.717) is 16.3 Å². The Kier molecular flexibility index (Phi) is 3.27. The van der Waals surface area contributed by atoms with E-state index in [1.54, 1.807) is 18.2 Å². The summed E-state index contributed by atoms with van der Waals surface area (Å²) in [5.41, 5.74) is 2.32.